The molecule has 6 heteroatoms. The van der Waals surface area contributed by atoms with Gasteiger partial charge in [-0.05, 0) is 31.5 Å². The number of rotatable bonds is 5. The highest BCUT2D eigenvalue weighted by molar-refractivity contribution is 7.99. The van der Waals surface area contributed by atoms with Gasteiger partial charge in [0.05, 0.1) is 17.5 Å². The van der Waals surface area contributed by atoms with Gasteiger partial charge < -0.3 is 15.8 Å². The Labute approximate surface area is 128 Å². The number of nitrogens with two attached hydrogens (primary N) is 1. The minimum Gasteiger partial charge on any atom is -0.397 e. The minimum atomic E-state index is -0.0295. The Morgan fingerprint density at radius 2 is 2.40 bits per heavy atom. The second-order valence-electron chi connectivity index (χ2n) is 4.80. The van der Waals surface area contributed by atoms with Crippen LogP contribution in [0.4, 0.5) is 11.4 Å². The third kappa shape index (κ3) is 4.30. The van der Waals surface area contributed by atoms with E-state index in [9.17, 15) is 4.79 Å². The number of ether oxygens (including phenoxy) is 1. The van der Waals surface area contributed by atoms with Crippen molar-refractivity contribution < 1.29 is 9.53 Å². The molecule has 1 aliphatic heterocycles. The van der Waals surface area contributed by atoms with Gasteiger partial charge in [-0.2, -0.15) is 11.8 Å². The largest absolute Gasteiger partial charge is 0.397 e. The molecule has 2 atom stereocenters. The molecule has 0 aliphatic carbocycles. The maximum absolute atomic E-state index is 11.9. The first kappa shape index (κ1) is 15.5. The molecule has 0 bridgehead atoms. The molecule has 1 fully saturated rings. The average Bonchev–Trinajstić information content (AvgIpc) is 2.79. The van der Waals surface area contributed by atoms with Crippen molar-refractivity contribution >= 4 is 40.6 Å². The van der Waals surface area contributed by atoms with E-state index in [4.69, 9.17) is 22.1 Å². The van der Waals surface area contributed by atoms with Crippen LogP contribution < -0.4 is 11.1 Å². The molecule has 0 spiro atoms. The zero-order valence-corrected chi connectivity index (χ0v) is 13.0. The molecule has 0 saturated carbocycles. The number of nitrogen functional groups attached to an aromatic ring is 1. The number of anilines is 2. The number of carbonyl (C=O) groups is 1. The smallest absolute Gasteiger partial charge is 0.225 e. The summed E-state index contributed by atoms with van der Waals surface area (Å²) < 4.78 is 5.50. The zero-order chi connectivity index (χ0) is 14.5. The first-order chi connectivity index (χ1) is 9.56. The molecule has 0 aromatic heterocycles. The summed E-state index contributed by atoms with van der Waals surface area (Å²) in [6, 6.07) is 5.05. The van der Waals surface area contributed by atoms with E-state index in [2.05, 4.69) is 12.2 Å². The van der Waals surface area contributed by atoms with Crippen molar-refractivity contribution in [1.29, 1.82) is 0 Å². The van der Waals surface area contributed by atoms with Crippen molar-refractivity contribution in [3.05, 3.63) is 23.2 Å². The van der Waals surface area contributed by atoms with Gasteiger partial charge in [0.25, 0.3) is 0 Å². The summed E-state index contributed by atoms with van der Waals surface area (Å²) in [6.45, 7) is 2.91. The second-order valence-corrected chi connectivity index (χ2v) is 6.59. The SMILES string of the molecule is CC1OCCC1SCCC(=O)Nc1ccc(Cl)cc1N. The van der Waals surface area contributed by atoms with E-state index < -0.39 is 0 Å². The Bertz CT molecular complexity index is 484. The first-order valence-corrected chi connectivity index (χ1v) is 8.07. The lowest BCUT2D eigenvalue weighted by atomic mass is 10.2. The molecule has 2 unspecified atom stereocenters. The van der Waals surface area contributed by atoms with Gasteiger partial charge in [0, 0.05) is 29.1 Å². The summed E-state index contributed by atoms with van der Waals surface area (Å²) in [5.41, 5.74) is 6.89. The first-order valence-electron chi connectivity index (χ1n) is 6.64. The van der Waals surface area contributed by atoms with Gasteiger partial charge in [-0.1, -0.05) is 11.6 Å². The molecule has 1 saturated heterocycles. The molecule has 1 heterocycles. The fourth-order valence-corrected chi connectivity index (χ4v) is 3.49. The van der Waals surface area contributed by atoms with Crippen LogP contribution >= 0.6 is 23.4 Å². The number of amides is 1. The van der Waals surface area contributed by atoms with E-state index >= 15 is 0 Å². The number of nitrogens with one attached hydrogen (secondary N) is 1. The van der Waals surface area contributed by atoms with Gasteiger partial charge in [-0.25, -0.2) is 0 Å². The molecule has 3 N–H and O–H groups in total. The maximum atomic E-state index is 11.9. The van der Waals surface area contributed by atoms with Gasteiger partial charge in [0.1, 0.15) is 0 Å². The van der Waals surface area contributed by atoms with Crippen LogP contribution in [0.5, 0.6) is 0 Å². The normalized spacial score (nSPS) is 21.9. The zero-order valence-electron chi connectivity index (χ0n) is 11.4. The Hall–Kier alpha value is -0.910. The fraction of sp³-hybridized carbons (Fsp3) is 0.500. The highest BCUT2D eigenvalue weighted by atomic mass is 35.5. The summed E-state index contributed by atoms with van der Waals surface area (Å²) in [5, 5.41) is 3.87. The van der Waals surface area contributed by atoms with Crippen LogP contribution in [0.1, 0.15) is 19.8 Å². The Morgan fingerprint density at radius 1 is 1.60 bits per heavy atom. The monoisotopic (exact) mass is 314 g/mol. The number of thioether (sulfide) groups is 1. The molecular weight excluding hydrogens is 296 g/mol. The molecule has 1 amide bonds. The summed E-state index contributed by atoms with van der Waals surface area (Å²) >= 11 is 7.62. The van der Waals surface area contributed by atoms with Gasteiger partial charge in [-0.15, -0.1) is 0 Å². The van der Waals surface area contributed by atoms with E-state index in [1.807, 2.05) is 0 Å². The Balaban J connectivity index is 1.75. The van der Waals surface area contributed by atoms with E-state index in [1.165, 1.54) is 0 Å². The van der Waals surface area contributed by atoms with Crippen molar-refractivity contribution in [2.75, 3.05) is 23.4 Å². The lowest BCUT2D eigenvalue weighted by molar-refractivity contribution is -0.115. The van der Waals surface area contributed by atoms with Crippen LogP contribution in [0.3, 0.4) is 0 Å². The van der Waals surface area contributed by atoms with Crippen molar-refractivity contribution in [2.24, 2.45) is 0 Å². The van der Waals surface area contributed by atoms with Crippen LogP contribution in [0.15, 0.2) is 18.2 Å². The topological polar surface area (TPSA) is 64.3 Å². The van der Waals surface area contributed by atoms with Crippen LogP contribution in [0.25, 0.3) is 0 Å². The molecule has 2 rings (SSSR count). The molecule has 4 nitrogen and oxygen atoms in total. The molecule has 110 valence electrons. The summed E-state index contributed by atoms with van der Waals surface area (Å²) in [6.07, 6.45) is 1.82. The minimum absolute atomic E-state index is 0.0295. The highest BCUT2D eigenvalue weighted by Crippen LogP contribution is 2.27. The molecule has 1 aliphatic rings. The molecule has 1 aromatic carbocycles. The second kappa shape index (κ2) is 7.20. The van der Waals surface area contributed by atoms with Gasteiger partial charge in [-0.3, -0.25) is 4.79 Å². The van der Waals surface area contributed by atoms with Crippen LogP contribution in [-0.2, 0) is 9.53 Å². The predicted octanol–water partition coefficient (Wildman–Crippen LogP) is 3.16. The standard InChI is InChI=1S/C14H19ClN2O2S/c1-9-13(4-6-19-9)20-7-5-14(18)17-12-3-2-10(15)8-11(12)16/h2-3,8-9,13H,4-7,16H2,1H3,(H,17,18). The maximum Gasteiger partial charge on any atom is 0.225 e. The molecule has 0 radical (unpaired) electrons. The Kier molecular flexibility index (Phi) is 5.57. The van der Waals surface area contributed by atoms with Crippen LogP contribution in [-0.4, -0.2) is 29.6 Å². The summed E-state index contributed by atoms with van der Waals surface area (Å²) in [4.78, 5) is 11.9. The third-order valence-corrected chi connectivity index (χ3v) is 4.98. The predicted molar refractivity (Wildman–Crippen MR) is 85.4 cm³/mol. The highest BCUT2D eigenvalue weighted by Gasteiger charge is 2.24. The third-order valence-electron chi connectivity index (χ3n) is 3.26. The van der Waals surface area contributed by atoms with E-state index in [-0.39, 0.29) is 12.0 Å². The summed E-state index contributed by atoms with van der Waals surface area (Å²) in [7, 11) is 0. The number of hydrogen-bond donors (Lipinski definition) is 2. The van der Waals surface area contributed by atoms with Gasteiger partial charge in [0.2, 0.25) is 5.91 Å². The number of benzene rings is 1. The quantitative estimate of drug-likeness (QED) is 0.819. The van der Waals surface area contributed by atoms with Crippen LogP contribution in [0, 0.1) is 0 Å². The van der Waals surface area contributed by atoms with Crippen molar-refractivity contribution in [1.82, 2.24) is 0 Å². The lowest BCUT2D eigenvalue weighted by Crippen LogP contribution is -2.17. The van der Waals surface area contributed by atoms with Gasteiger partial charge in [0.15, 0.2) is 0 Å². The number of halogens is 1. The van der Waals surface area contributed by atoms with Gasteiger partial charge >= 0.3 is 0 Å². The number of hydrogen-bond acceptors (Lipinski definition) is 4. The van der Waals surface area contributed by atoms with Crippen molar-refractivity contribution in [3.8, 4) is 0 Å². The van der Waals surface area contributed by atoms with E-state index in [0.717, 1.165) is 18.8 Å². The Morgan fingerprint density at radius 3 is 3.05 bits per heavy atom. The lowest BCUT2D eigenvalue weighted by Gasteiger charge is -2.13. The molecule has 20 heavy (non-hydrogen) atoms. The van der Waals surface area contributed by atoms with Crippen molar-refractivity contribution in [3.63, 3.8) is 0 Å². The average molecular weight is 315 g/mol. The summed E-state index contributed by atoms with van der Waals surface area (Å²) in [5.74, 6) is 0.760. The molecular formula is C14H19ClN2O2S. The van der Waals surface area contributed by atoms with Crippen molar-refractivity contribution in [2.45, 2.75) is 31.1 Å². The van der Waals surface area contributed by atoms with E-state index in [1.54, 1.807) is 30.0 Å². The van der Waals surface area contributed by atoms with E-state index in [0.29, 0.717) is 28.1 Å². The molecule has 1 aromatic rings. The number of carbonyl (C=O) groups excluding carboxylic acids is 1. The fourth-order valence-electron chi connectivity index (χ4n) is 2.09. The van der Waals surface area contributed by atoms with Crippen LogP contribution in [0.2, 0.25) is 5.02 Å².